The molecule has 186 valence electrons. The van der Waals surface area contributed by atoms with E-state index in [9.17, 15) is 30.4 Å². The molecule has 2 aromatic rings. The van der Waals surface area contributed by atoms with Gasteiger partial charge in [-0.05, 0) is 42.7 Å². The minimum Gasteiger partial charge on any atom is -0.481 e. The summed E-state index contributed by atoms with van der Waals surface area (Å²) in [5.41, 5.74) is 2.22. The number of nitro benzene ring substituents is 1. The molecule has 35 heavy (non-hydrogen) atoms. The second kappa shape index (κ2) is 11.9. The van der Waals surface area contributed by atoms with Crippen LogP contribution in [0.15, 0.2) is 42.5 Å². The first-order valence-corrected chi connectivity index (χ1v) is 12.1. The van der Waals surface area contributed by atoms with Gasteiger partial charge < -0.3 is 15.3 Å². The van der Waals surface area contributed by atoms with Crippen LogP contribution in [-0.2, 0) is 17.6 Å². The third kappa shape index (κ3) is 6.24. The molecule has 2 aromatic carbocycles. The lowest BCUT2D eigenvalue weighted by Gasteiger charge is -2.25. The van der Waals surface area contributed by atoms with Crippen molar-refractivity contribution < 1.29 is 25.0 Å². The Balaban J connectivity index is 1.96. The van der Waals surface area contributed by atoms with Gasteiger partial charge in [-0.1, -0.05) is 62.2 Å². The molecule has 0 bridgehead atoms. The van der Waals surface area contributed by atoms with Crippen molar-refractivity contribution in [3.05, 3.63) is 74.8 Å². The highest BCUT2D eigenvalue weighted by atomic mass is 16.6. The van der Waals surface area contributed by atoms with Crippen molar-refractivity contribution in [2.24, 2.45) is 11.8 Å². The molecule has 0 radical (unpaired) electrons. The van der Waals surface area contributed by atoms with E-state index in [1.165, 1.54) is 0 Å². The van der Waals surface area contributed by atoms with Crippen LogP contribution >= 0.6 is 0 Å². The Morgan fingerprint density at radius 3 is 2.63 bits per heavy atom. The Morgan fingerprint density at radius 1 is 1.26 bits per heavy atom. The lowest BCUT2D eigenvalue weighted by Crippen LogP contribution is -2.21. The number of carbonyl (C=O) groups is 1. The Morgan fingerprint density at radius 2 is 1.97 bits per heavy atom. The minimum absolute atomic E-state index is 0.0373. The molecule has 1 aliphatic rings. The first-order valence-electron chi connectivity index (χ1n) is 12.1. The first kappa shape index (κ1) is 26.3. The summed E-state index contributed by atoms with van der Waals surface area (Å²) in [6.07, 6.45) is 1.37. The van der Waals surface area contributed by atoms with Gasteiger partial charge in [0.1, 0.15) is 0 Å². The summed E-state index contributed by atoms with van der Waals surface area (Å²) >= 11 is 0. The van der Waals surface area contributed by atoms with Gasteiger partial charge >= 0.3 is 5.97 Å². The fraction of sp³-hybridized carbons (Fsp3) is 0.481. The van der Waals surface area contributed by atoms with Crippen LogP contribution < -0.4 is 0 Å². The van der Waals surface area contributed by atoms with Gasteiger partial charge in [-0.25, -0.2) is 0 Å². The molecule has 0 saturated heterocycles. The maximum atomic E-state index is 11.9. The van der Waals surface area contributed by atoms with Gasteiger partial charge in [0.25, 0.3) is 5.69 Å². The van der Waals surface area contributed by atoms with E-state index in [0.717, 1.165) is 24.0 Å². The third-order valence-corrected chi connectivity index (χ3v) is 7.01. The number of hydrogen-bond acceptors (Lipinski definition) is 6. The van der Waals surface area contributed by atoms with E-state index in [-0.39, 0.29) is 37.3 Å². The summed E-state index contributed by atoms with van der Waals surface area (Å²) in [4.78, 5) is 22.5. The molecule has 1 aliphatic carbocycles. The van der Waals surface area contributed by atoms with Crippen molar-refractivity contribution in [1.29, 1.82) is 5.26 Å². The molecule has 3 unspecified atom stereocenters. The largest absolute Gasteiger partial charge is 0.481 e. The third-order valence-electron chi connectivity index (χ3n) is 7.01. The number of aliphatic carboxylic acids is 1. The van der Waals surface area contributed by atoms with Crippen LogP contribution in [0, 0.1) is 33.3 Å². The van der Waals surface area contributed by atoms with Crippen molar-refractivity contribution in [2.75, 3.05) is 0 Å². The van der Waals surface area contributed by atoms with E-state index < -0.39 is 34.9 Å². The number of para-hydroxylation sites is 1. The summed E-state index contributed by atoms with van der Waals surface area (Å²) in [6.45, 7) is 2.06. The molecule has 0 spiro atoms. The van der Waals surface area contributed by atoms with Crippen molar-refractivity contribution in [3.8, 4) is 6.07 Å². The van der Waals surface area contributed by atoms with Crippen molar-refractivity contribution in [3.63, 3.8) is 0 Å². The highest BCUT2D eigenvalue weighted by molar-refractivity contribution is 5.67. The van der Waals surface area contributed by atoms with Gasteiger partial charge in [0.05, 0.1) is 29.1 Å². The van der Waals surface area contributed by atoms with E-state index in [2.05, 4.69) is 13.0 Å². The maximum Gasteiger partial charge on any atom is 0.303 e. The summed E-state index contributed by atoms with van der Waals surface area (Å²) in [5.74, 6) is -2.31. The van der Waals surface area contributed by atoms with Gasteiger partial charge in [0.2, 0.25) is 0 Å². The summed E-state index contributed by atoms with van der Waals surface area (Å²) in [7, 11) is 0. The number of rotatable bonds is 11. The van der Waals surface area contributed by atoms with Crippen LogP contribution in [0.2, 0.25) is 0 Å². The number of aryl methyl sites for hydroxylation is 1. The lowest BCUT2D eigenvalue weighted by molar-refractivity contribution is -0.386. The fourth-order valence-corrected chi connectivity index (χ4v) is 5.28. The molecule has 8 heteroatoms. The number of carboxylic acid groups (broad SMARTS) is 1. The number of aliphatic hydroxyl groups excluding tert-OH is 2. The van der Waals surface area contributed by atoms with E-state index in [1.54, 1.807) is 18.2 Å². The van der Waals surface area contributed by atoms with E-state index in [1.807, 2.05) is 24.3 Å². The number of carboxylic acids is 1. The topological polar surface area (TPSA) is 145 Å². The van der Waals surface area contributed by atoms with Crippen LogP contribution in [-0.4, -0.2) is 32.3 Å². The highest BCUT2D eigenvalue weighted by Crippen LogP contribution is 2.46. The van der Waals surface area contributed by atoms with E-state index in [0.29, 0.717) is 17.5 Å². The molecule has 1 saturated carbocycles. The zero-order chi connectivity index (χ0) is 25.5. The molecule has 3 N–H and O–H groups in total. The highest BCUT2D eigenvalue weighted by Gasteiger charge is 2.44. The average molecular weight is 481 g/mol. The average Bonchev–Trinajstić information content (AvgIpc) is 3.15. The fourth-order valence-electron chi connectivity index (χ4n) is 5.28. The van der Waals surface area contributed by atoms with Crippen LogP contribution in [0.4, 0.5) is 5.69 Å². The predicted molar refractivity (Wildman–Crippen MR) is 130 cm³/mol. The van der Waals surface area contributed by atoms with E-state index in [4.69, 9.17) is 5.11 Å². The van der Waals surface area contributed by atoms with Crippen molar-refractivity contribution >= 4 is 11.7 Å². The number of nitriles is 1. The Bertz CT molecular complexity index is 1100. The lowest BCUT2D eigenvalue weighted by atomic mass is 9.79. The molecule has 0 heterocycles. The zero-order valence-corrected chi connectivity index (χ0v) is 19.8. The van der Waals surface area contributed by atoms with Crippen molar-refractivity contribution in [2.45, 2.75) is 70.0 Å². The van der Waals surface area contributed by atoms with Crippen molar-refractivity contribution in [1.82, 2.24) is 0 Å². The van der Waals surface area contributed by atoms with Crippen LogP contribution in [0.25, 0.3) is 0 Å². The van der Waals surface area contributed by atoms with Gasteiger partial charge in [0, 0.05) is 23.5 Å². The predicted octanol–water partition coefficient (Wildman–Crippen LogP) is 4.68. The smallest absolute Gasteiger partial charge is 0.303 e. The quantitative estimate of drug-likeness (QED) is 0.313. The summed E-state index contributed by atoms with van der Waals surface area (Å²) < 4.78 is 0. The molecule has 3 rings (SSSR count). The molecule has 8 nitrogen and oxygen atoms in total. The molecule has 5 atom stereocenters. The molecule has 0 amide bonds. The SMILES string of the molecule is CCCCC(O)c1cccc(C2C(Cc3cccc(CCC(=O)O)c3[N+](=O)[O-])[C@H](C#N)C[C@H]2O)c1. The molecule has 0 aliphatic heterocycles. The number of benzene rings is 2. The summed E-state index contributed by atoms with van der Waals surface area (Å²) in [5, 5.41) is 52.3. The van der Waals surface area contributed by atoms with E-state index >= 15 is 0 Å². The molecular weight excluding hydrogens is 448 g/mol. The second-order valence-corrected chi connectivity index (χ2v) is 9.34. The number of unbranched alkanes of at least 4 members (excludes halogenated alkanes) is 1. The Kier molecular flexibility index (Phi) is 8.96. The van der Waals surface area contributed by atoms with Crippen LogP contribution in [0.3, 0.4) is 0 Å². The summed E-state index contributed by atoms with van der Waals surface area (Å²) in [6, 6.07) is 14.6. The first-order chi connectivity index (χ1) is 16.8. The Hall–Kier alpha value is -3.28. The van der Waals surface area contributed by atoms with Gasteiger partial charge in [-0.2, -0.15) is 5.26 Å². The minimum atomic E-state index is -1.03. The number of aliphatic hydroxyl groups is 2. The standard InChI is InChI=1S/C27H32N2O6/c1-2-3-10-23(30)18-7-5-8-19(13-18)26-22(21(16-28)15-24(26)31)14-20-9-4-6-17(11-12-25(32)33)27(20)29(34)35/h4-9,13,21-24,26,30-31H,2-3,10-12,14-15H2,1H3,(H,32,33)/t21-,22?,23?,24+,26?/m0/s1. The van der Waals surface area contributed by atoms with Gasteiger partial charge in [-0.3, -0.25) is 14.9 Å². The van der Waals surface area contributed by atoms with Crippen LogP contribution in [0.5, 0.6) is 0 Å². The monoisotopic (exact) mass is 480 g/mol. The zero-order valence-electron chi connectivity index (χ0n) is 19.8. The Labute approximate surface area is 205 Å². The number of nitrogens with zero attached hydrogens (tertiary/aromatic N) is 2. The molecular formula is C27H32N2O6. The molecule has 1 fully saturated rings. The van der Waals surface area contributed by atoms with Crippen LogP contribution in [0.1, 0.15) is 73.3 Å². The maximum absolute atomic E-state index is 11.9. The second-order valence-electron chi connectivity index (χ2n) is 9.34. The van der Waals surface area contributed by atoms with Gasteiger partial charge in [0.15, 0.2) is 0 Å². The molecule has 0 aromatic heterocycles. The normalized spacial score (nSPS) is 22.5. The number of nitro groups is 1. The number of hydrogen-bond donors (Lipinski definition) is 3. The van der Waals surface area contributed by atoms with Gasteiger partial charge in [-0.15, -0.1) is 0 Å².